The van der Waals surface area contributed by atoms with Gasteiger partial charge in [-0.25, -0.2) is 4.79 Å². The summed E-state index contributed by atoms with van der Waals surface area (Å²) in [6.07, 6.45) is 3.41. The molecule has 2 rings (SSSR count). The molecule has 0 spiro atoms. The zero-order chi connectivity index (χ0) is 17.4. The molecule has 0 amide bonds. The van der Waals surface area contributed by atoms with E-state index < -0.39 is 14.3 Å². The third kappa shape index (κ3) is 4.25. The first kappa shape index (κ1) is 17.8. The second-order valence-electron chi connectivity index (χ2n) is 6.52. The topological polar surface area (TPSA) is 59.7 Å². The number of carboxylic acids is 1. The van der Waals surface area contributed by atoms with Crippen LogP contribution in [-0.2, 0) is 4.43 Å². The fourth-order valence-corrected chi connectivity index (χ4v) is 3.97. The van der Waals surface area contributed by atoms with E-state index in [0.717, 1.165) is 0 Å². The van der Waals surface area contributed by atoms with Gasteiger partial charge in [-0.1, -0.05) is 23.8 Å². The Hall–Kier alpha value is -1.56. The van der Waals surface area contributed by atoms with Gasteiger partial charge in [0.25, 0.3) is 0 Å². The second-order valence-corrected chi connectivity index (χ2v) is 11.4. The van der Waals surface area contributed by atoms with E-state index in [1.54, 1.807) is 25.1 Å². The second kappa shape index (κ2) is 6.51. The maximum atomic E-state index is 11.7. The van der Waals surface area contributed by atoms with Crippen LogP contribution in [0, 0.1) is 6.92 Å². The number of furan rings is 1. The lowest BCUT2D eigenvalue weighted by atomic mass is 10.0. The smallest absolute Gasteiger partial charge is 0.340 e. The molecule has 4 nitrogen and oxygen atoms in total. The molecule has 6 heteroatoms. The van der Waals surface area contributed by atoms with Gasteiger partial charge in [0.2, 0.25) is 0 Å². The van der Waals surface area contributed by atoms with Crippen molar-refractivity contribution in [1.29, 1.82) is 0 Å². The van der Waals surface area contributed by atoms with E-state index in [2.05, 4.69) is 19.6 Å². The lowest BCUT2D eigenvalue weighted by molar-refractivity contribution is 0.0697. The summed E-state index contributed by atoms with van der Waals surface area (Å²) < 4.78 is 11.5. The van der Waals surface area contributed by atoms with Crippen LogP contribution in [0.2, 0.25) is 24.7 Å². The van der Waals surface area contributed by atoms with Gasteiger partial charge in [0.15, 0.2) is 8.32 Å². The molecule has 1 aromatic heterocycles. The van der Waals surface area contributed by atoms with Crippen LogP contribution in [0.15, 0.2) is 22.6 Å². The number of hydrogen-bond donors (Lipinski definition) is 1. The minimum atomic E-state index is -1.67. The van der Waals surface area contributed by atoms with E-state index in [1.807, 2.05) is 13.0 Å². The summed E-state index contributed by atoms with van der Waals surface area (Å²) in [4.78, 5) is 11.7. The van der Waals surface area contributed by atoms with Crippen molar-refractivity contribution in [3.8, 4) is 0 Å². The summed E-state index contributed by atoms with van der Waals surface area (Å²) in [7, 11) is -1.67. The maximum absolute atomic E-state index is 11.7. The molecular weight excluding hydrogens is 332 g/mol. The Morgan fingerprint density at radius 3 is 2.61 bits per heavy atom. The highest BCUT2D eigenvalue weighted by Gasteiger charge is 2.21. The van der Waals surface area contributed by atoms with Crippen molar-refractivity contribution >= 4 is 42.9 Å². The van der Waals surface area contributed by atoms with E-state index in [9.17, 15) is 9.90 Å². The maximum Gasteiger partial charge on any atom is 0.340 e. The average molecular weight is 353 g/mol. The van der Waals surface area contributed by atoms with Crippen LogP contribution in [-0.4, -0.2) is 25.5 Å². The highest BCUT2D eigenvalue weighted by Crippen LogP contribution is 2.32. The molecular formula is C17H21ClO4Si. The van der Waals surface area contributed by atoms with Crippen LogP contribution < -0.4 is 0 Å². The average Bonchev–Trinajstić information content (AvgIpc) is 2.72. The summed E-state index contributed by atoms with van der Waals surface area (Å²) in [6.45, 7) is 10.0. The summed E-state index contributed by atoms with van der Waals surface area (Å²) in [6, 6.07) is 3.50. The molecule has 0 saturated heterocycles. The number of hydrogen-bond acceptors (Lipinski definition) is 3. The molecule has 0 aliphatic rings. The van der Waals surface area contributed by atoms with E-state index in [4.69, 9.17) is 20.4 Å². The molecule has 1 unspecified atom stereocenters. The summed E-state index contributed by atoms with van der Waals surface area (Å²) >= 11 is 6.29. The van der Waals surface area contributed by atoms with Gasteiger partial charge in [0.1, 0.15) is 16.9 Å². The summed E-state index contributed by atoms with van der Waals surface area (Å²) in [5.41, 5.74) is 0.863. The van der Waals surface area contributed by atoms with E-state index in [0.29, 0.717) is 27.3 Å². The molecule has 124 valence electrons. The highest BCUT2D eigenvalue weighted by molar-refractivity contribution is 6.69. The van der Waals surface area contributed by atoms with Crippen molar-refractivity contribution in [1.82, 2.24) is 0 Å². The molecule has 2 aromatic rings. The Morgan fingerprint density at radius 1 is 1.39 bits per heavy atom. The van der Waals surface area contributed by atoms with Crippen molar-refractivity contribution in [2.24, 2.45) is 0 Å². The fraction of sp³-hybridized carbons (Fsp3) is 0.353. The standard InChI is InChI=1S/C17H21ClO4Si/c1-10(22-23(3,4)5)6-7-13-14(18)9-12-8-11(2)21-16(12)15(13)17(19)20/h6-10H,1-5H3,(H,19,20)/b7-6+. The molecule has 1 heterocycles. The number of carboxylic acid groups (broad SMARTS) is 1. The van der Waals surface area contributed by atoms with Gasteiger partial charge in [-0.3, -0.25) is 0 Å². The molecule has 0 bridgehead atoms. The van der Waals surface area contributed by atoms with Crippen LogP contribution >= 0.6 is 11.6 Å². The van der Waals surface area contributed by atoms with Gasteiger partial charge in [-0.2, -0.15) is 0 Å². The van der Waals surface area contributed by atoms with E-state index in [1.165, 1.54) is 0 Å². The van der Waals surface area contributed by atoms with Crippen molar-refractivity contribution in [3.63, 3.8) is 0 Å². The summed E-state index contributed by atoms with van der Waals surface area (Å²) in [5, 5.41) is 10.6. The molecule has 0 aliphatic heterocycles. The zero-order valence-corrected chi connectivity index (χ0v) is 15.7. The Kier molecular flexibility index (Phi) is 5.03. The van der Waals surface area contributed by atoms with E-state index >= 15 is 0 Å². The quantitative estimate of drug-likeness (QED) is 0.737. The third-order valence-electron chi connectivity index (χ3n) is 3.21. The van der Waals surface area contributed by atoms with Crippen LogP contribution in [0.5, 0.6) is 0 Å². The largest absolute Gasteiger partial charge is 0.478 e. The van der Waals surface area contributed by atoms with Crippen molar-refractivity contribution < 1.29 is 18.7 Å². The zero-order valence-electron chi connectivity index (χ0n) is 13.9. The molecule has 1 aromatic carbocycles. The predicted molar refractivity (Wildman–Crippen MR) is 95.8 cm³/mol. The van der Waals surface area contributed by atoms with Gasteiger partial charge in [0, 0.05) is 16.0 Å². The first-order valence-electron chi connectivity index (χ1n) is 7.40. The molecule has 0 aliphatic carbocycles. The number of benzene rings is 1. The number of carbonyl (C=O) groups is 1. The number of rotatable bonds is 5. The van der Waals surface area contributed by atoms with Crippen molar-refractivity contribution in [3.05, 3.63) is 40.1 Å². The SMILES string of the molecule is Cc1cc2cc(Cl)c(/C=C/C(C)O[Si](C)(C)C)c(C(=O)O)c2o1. The summed E-state index contributed by atoms with van der Waals surface area (Å²) in [5.74, 6) is -0.416. The molecule has 0 radical (unpaired) electrons. The molecule has 0 fully saturated rings. The minimum absolute atomic E-state index is 0.0806. The molecule has 23 heavy (non-hydrogen) atoms. The normalized spacial score (nSPS) is 13.8. The van der Waals surface area contributed by atoms with Gasteiger partial charge < -0.3 is 13.9 Å². The molecule has 0 saturated carbocycles. The number of aromatic carboxylic acids is 1. The van der Waals surface area contributed by atoms with Crippen LogP contribution in [0.4, 0.5) is 0 Å². The van der Waals surface area contributed by atoms with Gasteiger partial charge in [0.05, 0.1) is 6.10 Å². The van der Waals surface area contributed by atoms with Crippen LogP contribution in [0.25, 0.3) is 17.0 Å². The lowest BCUT2D eigenvalue weighted by Gasteiger charge is -2.21. The van der Waals surface area contributed by atoms with Crippen molar-refractivity contribution in [2.75, 3.05) is 0 Å². The third-order valence-corrected chi connectivity index (χ3v) is 4.60. The Morgan fingerprint density at radius 2 is 2.04 bits per heavy atom. The number of fused-ring (bicyclic) bond motifs is 1. The van der Waals surface area contributed by atoms with Gasteiger partial charge in [-0.05, 0) is 45.6 Å². The van der Waals surface area contributed by atoms with Crippen LogP contribution in [0.3, 0.4) is 0 Å². The number of aryl methyl sites for hydroxylation is 1. The number of halogens is 1. The van der Waals surface area contributed by atoms with Crippen molar-refractivity contribution in [2.45, 2.75) is 39.6 Å². The molecule has 1 N–H and O–H groups in total. The first-order valence-corrected chi connectivity index (χ1v) is 11.2. The molecule has 1 atom stereocenters. The predicted octanol–water partition coefficient (Wildman–Crippen LogP) is 5.35. The van der Waals surface area contributed by atoms with E-state index in [-0.39, 0.29) is 11.7 Å². The van der Waals surface area contributed by atoms with Crippen LogP contribution in [0.1, 0.15) is 28.6 Å². The minimum Gasteiger partial charge on any atom is -0.478 e. The van der Waals surface area contributed by atoms with Gasteiger partial charge >= 0.3 is 5.97 Å². The monoisotopic (exact) mass is 352 g/mol. The Balaban J connectivity index is 2.49. The Labute approximate surface area is 141 Å². The fourth-order valence-electron chi connectivity index (χ4n) is 2.50. The van der Waals surface area contributed by atoms with Gasteiger partial charge in [-0.15, -0.1) is 0 Å². The first-order chi connectivity index (χ1) is 10.6. The Bertz CT molecular complexity index is 771. The lowest BCUT2D eigenvalue weighted by Crippen LogP contribution is -2.29. The highest BCUT2D eigenvalue weighted by atomic mass is 35.5.